The maximum Gasteiger partial charge on any atom is 0.322 e. The molecule has 1 aliphatic heterocycles. The Hall–Kier alpha value is -1.31. The lowest BCUT2D eigenvalue weighted by Gasteiger charge is -2.35. The number of aryl methyl sites for hydroxylation is 1. The molecule has 1 heterocycles. The van der Waals surface area contributed by atoms with Crippen LogP contribution in [-0.4, -0.2) is 54.7 Å². The van der Waals surface area contributed by atoms with Gasteiger partial charge in [0.25, 0.3) is 0 Å². The standard InChI is InChI=1S/C16H23ClN2O4S/c1-11-3-4-13(9-15(11)17)18-16(21)19(10-12(2)20)14-5-7-24(22,23)8-6-14/h3-4,9,12,14,20H,5-8,10H2,1-2H3,(H,18,21)/t12-/m0/s1. The zero-order valence-corrected chi connectivity index (χ0v) is 15.4. The first-order valence-electron chi connectivity index (χ1n) is 7.90. The van der Waals surface area contributed by atoms with Gasteiger partial charge in [-0.2, -0.15) is 0 Å². The maximum atomic E-state index is 12.6. The average molecular weight is 375 g/mol. The van der Waals surface area contributed by atoms with Crippen molar-refractivity contribution >= 4 is 33.2 Å². The molecule has 1 aromatic carbocycles. The number of sulfone groups is 1. The Balaban J connectivity index is 2.11. The van der Waals surface area contributed by atoms with Crippen LogP contribution in [0.4, 0.5) is 10.5 Å². The van der Waals surface area contributed by atoms with Crippen LogP contribution in [0.5, 0.6) is 0 Å². The summed E-state index contributed by atoms with van der Waals surface area (Å²) in [6.45, 7) is 3.62. The molecule has 0 radical (unpaired) electrons. The average Bonchev–Trinajstić information content (AvgIpc) is 2.49. The normalized spacial score (nSPS) is 18.8. The van der Waals surface area contributed by atoms with Gasteiger partial charge in [0, 0.05) is 23.3 Å². The van der Waals surface area contributed by atoms with Crippen LogP contribution in [0.15, 0.2) is 18.2 Å². The highest BCUT2D eigenvalue weighted by atomic mass is 35.5. The van der Waals surface area contributed by atoms with E-state index in [0.717, 1.165) is 5.56 Å². The third kappa shape index (κ3) is 5.09. The predicted molar refractivity (Wildman–Crippen MR) is 95.3 cm³/mol. The molecule has 1 fully saturated rings. The number of carbonyl (C=O) groups excluding carboxylic acids is 1. The zero-order valence-electron chi connectivity index (χ0n) is 13.8. The molecule has 0 aliphatic carbocycles. The number of urea groups is 1. The molecule has 6 nitrogen and oxygen atoms in total. The monoisotopic (exact) mass is 374 g/mol. The molecule has 2 N–H and O–H groups in total. The Morgan fingerprint density at radius 2 is 2.04 bits per heavy atom. The number of halogens is 1. The Labute approximate surface area is 147 Å². The van der Waals surface area contributed by atoms with Crippen LogP contribution in [0.25, 0.3) is 0 Å². The fourth-order valence-electron chi connectivity index (χ4n) is 2.74. The Kier molecular flexibility index (Phi) is 6.11. The minimum atomic E-state index is -3.01. The van der Waals surface area contributed by atoms with E-state index in [4.69, 9.17) is 11.6 Å². The molecule has 1 aromatic rings. The summed E-state index contributed by atoms with van der Waals surface area (Å²) in [7, 11) is -3.01. The number of aliphatic hydroxyl groups excluding tert-OH is 1. The fourth-order valence-corrected chi connectivity index (χ4v) is 4.38. The Bertz CT molecular complexity index is 692. The molecule has 0 unspecified atom stereocenters. The second-order valence-corrected chi connectivity index (χ2v) is 8.99. The number of amides is 2. The van der Waals surface area contributed by atoms with Crippen molar-refractivity contribution in [3.63, 3.8) is 0 Å². The van der Waals surface area contributed by atoms with E-state index in [0.29, 0.717) is 23.6 Å². The van der Waals surface area contributed by atoms with E-state index in [1.807, 2.05) is 13.0 Å². The highest BCUT2D eigenvalue weighted by Crippen LogP contribution is 2.22. The molecule has 0 spiro atoms. The number of hydrogen-bond donors (Lipinski definition) is 2. The summed E-state index contributed by atoms with van der Waals surface area (Å²) in [4.78, 5) is 14.1. The van der Waals surface area contributed by atoms with Crippen molar-refractivity contribution in [3.05, 3.63) is 28.8 Å². The number of nitrogens with one attached hydrogen (secondary N) is 1. The van der Waals surface area contributed by atoms with Crippen molar-refractivity contribution < 1.29 is 18.3 Å². The van der Waals surface area contributed by atoms with E-state index in [1.165, 1.54) is 4.90 Å². The molecule has 24 heavy (non-hydrogen) atoms. The van der Waals surface area contributed by atoms with Crippen LogP contribution in [0.2, 0.25) is 5.02 Å². The first kappa shape index (κ1) is 19.0. The predicted octanol–water partition coefficient (Wildman–Crippen LogP) is 2.44. The van der Waals surface area contributed by atoms with Crippen LogP contribution < -0.4 is 5.32 Å². The summed E-state index contributed by atoms with van der Waals surface area (Å²) in [6.07, 6.45) is 0.0738. The molecular weight excluding hydrogens is 352 g/mol. The second kappa shape index (κ2) is 7.72. The molecule has 8 heteroatoms. The number of hydrogen-bond acceptors (Lipinski definition) is 4. The Morgan fingerprint density at radius 3 is 2.58 bits per heavy atom. The SMILES string of the molecule is Cc1ccc(NC(=O)N(C[C@H](C)O)C2CCS(=O)(=O)CC2)cc1Cl. The number of rotatable bonds is 4. The van der Waals surface area contributed by atoms with Gasteiger partial charge in [0.2, 0.25) is 0 Å². The fraction of sp³-hybridized carbons (Fsp3) is 0.562. The number of carbonyl (C=O) groups is 1. The summed E-state index contributed by atoms with van der Waals surface area (Å²) >= 11 is 6.07. The summed E-state index contributed by atoms with van der Waals surface area (Å²) in [6, 6.07) is 4.67. The van der Waals surface area contributed by atoms with E-state index in [-0.39, 0.29) is 30.1 Å². The van der Waals surface area contributed by atoms with Gasteiger partial charge in [-0.1, -0.05) is 17.7 Å². The van der Waals surface area contributed by atoms with Crippen molar-refractivity contribution in [2.45, 2.75) is 38.8 Å². The summed E-state index contributed by atoms with van der Waals surface area (Å²) in [5.74, 6) is 0.134. The molecule has 1 saturated heterocycles. The van der Waals surface area contributed by atoms with Gasteiger partial charge in [-0.3, -0.25) is 0 Å². The van der Waals surface area contributed by atoms with Crippen molar-refractivity contribution in [3.8, 4) is 0 Å². The van der Waals surface area contributed by atoms with Gasteiger partial charge in [-0.15, -0.1) is 0 Å². The quantitative estimate of drug-likeness (QED) is 0.847. The third-order valence-corrected chi connectivity index (χ3v) is 6.23. The molecule has 134 valence electrons. The smallest absolute Gasteiger partial charge is 0.322 e. The van der Waals surface area contributed by atoms with Crippen molar-refractivity contribution in [1.82, 2.24) is 4.90 Å². The van der Waals surface area contributed by atoms with Gasteiger partial charge in [-0.25, -0.2) is 13.2 Å². The summed E-state index contributed by atoms with van der Waals surface area (Å²) < 4.78 is 23.2. The van der Waals surface area contributed by atoms with Crippen LogP contribution in [0.1, 0.15) is 25.3 Å². The number of anilines is 1. The lowest BCUT2D eigenvalue weighted by Crippen LogP contribution is -2.49. The lowest BCUT2D eigenvalue weighted by molar-refractivity contribution is 0.114. The van der Waals surface area contributed by atoms with Crippen molar-refractivity contribution in [2.24, 2.45) is 0 Å². The molecule has 1 atom stereocenters. The van der Waals surface area contributed by atoms with Crippen LogP contribution >= 0.6 is 11.6 Å². The Morgan fingerprint density at radius 1 is 1.42 bits per heavy atom. The van der Waals surface area contributed by atoms with Gasteiger partial charge < -0.3 is 15.3 Å². The zero-order chi connectivity index (χ0) is 17.9. The minimum Gasteiger partial charge on any atom is -0.392 e. The van der Waals surface area contributed by atoms with Crippen molar-refractivity contribution in [1.29, 1.82) is 0 Å². The molecule has 0 aromatic heterocycles. The lowest BCUT2D eigenvalue weighted by atomic mass is 10.1. The van der Waals surface area contributed by atoms with Gasteiger partial charge in [0.1, 0.15) is 9.84 Å². The van der Waals surface area contributed by atoms with E-state index >= 15 is 0 Å². The maximum absolute atomic E-state index is 12.6. The highest BCUT2D eigenvalue weighted by Gasteiger charge is 2.31. The van der Waals surface area contributed by atoms with E-state index < -0.39 is 15.9 Å². The van der Waals surface area contributed by atoms with Crippen LogP contribution in [0.3, 0.4) is 0 Å². The van der Waals surface area contributed by atoms with Gasteiger partial charge in [0.05, 0.1) is 17.6 Å². The first-order valence-corrected chi connectivity index (χ1v) is 10.1. The highest BCUT2D eigenvalue weighted by molar-refractivity contribution is 7.91. The third-order valence-electron chi connectivity index (χ3n) is 4.11. The van der Waals surface area contributed by atoms with E-state index in [9.17, 15) is 18.3 Å². The molecule has 1 aliphatic rings. The van der Waals surface area contributed by atoms with Crippen LogP contribution in [-0.2, 0) is 9.84 Å². The summed E-state index contributed by atoms with van der Waals surface area (Å²) in [5.41, 5.74) is 1.47. The van der Waals surface area contributed by atoms with Gasteiger partial charge in [-0.05, 0) is 44.4 Å². The topological polar surface area (TPSA) is 86.7 Å². The van der Waals surface area contributed by atoms with Gasteiger partial charge in [0.15, 0.2) is 0 Å². The van der Waals surface area contributed by atoms with E-state index in [2.05, 4.69) is 5.32 Å². The van der Waals surface area contributed by atoms with E-state index in [1.54, 1.807) is 19.1 Å². The number of nitrogens with zero attached hydrogens (tertiary/aromatic N) is 1. The first-order chi connectivity index (χ1) is 11.2. The van der Waals surface area contributed by atoms with Gasteiger partial charge >= 0.3 is 6.03 Å². The number of benzene rings is 1. The molecule has 0 bridgehead atoms. The van der Waals surface area contributed by atoms with Crippen LogP contribution in [0, 0.1) is 6.92 Å². The molecular formula is C16H23ClN2O4S. The number of aliphatic hydroxyl groups is 1. The molecule has 2 amide bonds. The second-order valence-electron chi connectivity index (χ2n) is 6.28. The van der Waals surface area contributed by atoms with Crippen molar-refractivity contribution in [2.75, 3.05) is 23.4 Å². The largest absolute Gasteiger partial charge is 0.392 e. The summed E-state index contributed by atoms with van der Waals surface area (Å²) in [5, 5.41) is 13.0. The minimum absolute atomic E-state index is 0.0671. The molecule has 2 rings (SSSR count). The molecule has 0 saturated carbocycles.